The normalized spacial score (nSPS) is 21.3. The zero-order chi connectivity index (χ0) is 98.1. The van der Waals surface area contributed by atoms with E-state index in [1.165, 1.54) is 94.4 Å². The molecule has 0 radical (unpaired) electrons. The van der Waals surface area contributed by atoms with Gasteiger partial charge in [-0.1, -0.05) is 60.7 Å². The van der Waals surface area contributed by atoms with Gasteiger partial charge in [-0.05, 0) is 210 Å². The second-order valence-electron chi connectivity index (χ2n) is 35.9. The molecule has 734 valence electrons. The summed E-state index contributed by atoms with van der Waals surface area (Å²) in [6.45, 7) is 6.57. The van der Waals surface area contributed by atoms with Crippen molar-refractivity contribution in [1.82, 2.24) is 54.2 Å². The van der Waals surface area contributed by atoms with Crippen LogP contribution in [0.3, 0.4) is 0 Å². The first kappa shape index (κ1) is 104. The Labute approximate surface area is 806 Å². The van der Waals surface area contributed by atoms with Crippen molar-refractivity contribution in [1.29, 1.82) is 0 Å². The molecular formula is C92H112N16O22S7. The molecule has 38 nitrogen and oxygen atoms in total. The van der Waals surface area contributed by atoms with Gasteiger partial charge in [0.25, 0.3) is 0 Å². The zero-order valence-electron chi connectivity index (χ0n) is 75.6. The van der Waals surface area contributed by atoms with Crippen LogP contribution in [0.4, 0.5) is 5.82 Å². The summed E-state index contributed by atoms with van der Waals surface area (Å²) >= 11 is 4.25. The van der Waals surface area contributed by atoms with Crippen LogP contribution in [-0.4, -0.2) is 221 Å². The highest BCUT2D eigenvalue weighted by atomic mass is 32.2. The molecule has 1 aliphatic heterocycles. The van der Waals surface area contributed by atoms with Crippen molar-refractivity contribution in [3.8, 4) is 0 Å². The fourth-order valence-corrected chi connectivity index (χ4v) is 21.9. The molecule has 4 aliphatic carbocycles. The number of ketones is 4. The summed E-state index contributed by atoms with van der Waals surface area (Å²) < 4.78 is 115. The van der Waals surface area contributed by atoms with E-state index in [0.717, 1.165) is 67.6 Å². The predicted molar refractivity (Wildman–Crippen MR) is 510 cm³/mol. The first-order chi connectivity index (χ1) is 65.1. The van der Waals surface area contributed by atoms with E-state index in [2.05, 4.69) is 135 Å². The Hall–Kier alpha value is -9.90. The van der Waals surface area contributed by atoms with Crippen LogP contribution >= 0.6 is 34.0 Å². The summed E-state index contributed by atoms with van der Waals surface area (Å²) in [6, 6.07) is 25.7. The number of aromatic nitrogens is 9. The molecule has 45 heteroatoms. The topological polar surface area (TPSA) is 587 Å². The van der Waals surface area contributed by atoms with Crippen LogP contribution in [0.2, 0.25) is 0 Å². The number of hydrogen-bond acceptors (Lipinski definition) is 36. The summed E-state index contributed by atoms with van der Waals surface area (Å²) in [7, 11) is -12.2. The maximum Gasteiger partial charge on any atom is 0.333 e. The van der Waals surface area contributed by atoms with Crippen molar-refractivity contribution < 1.29 is 99.5 Å². The van der Waals surface area contributed by atoms with E-state index < -0.39 is 82.9 Å². The molecule has 4 saturated carbocycles. The SMILES string of the molecule is CC(C)(O)c1coc(C(=O)c2cncnc2N[C@@H]2C[C@H](COS(N)(=O)=O)[C@@H](O)C2)c1.CN(C)Cc1cn(Cc2csc(C(=O)c3cncnc3C[C@@H]3C[C@H](COS(N)(=O)=O)[C@@H](O)C3)c2)c2ccccc12.NS(=O)(=O)OC[C@H]1C[C@@H](Cc2ncncc2C(=O)c2cc(CCCc3ccccc3)cs2)C[C@@H]1O.NS(=O)(=O)OC[C@H]1C[C@@H](Cc2ncncc2C(=O)c2cc(CN3CC=CC3)cs2)C[C@@H]1O. The highest BCUT2D eigenvalue weighted by molar-refractivity contribution is 7.85. The Morgan fingerprint density at radius 1 is 0.504 bits per heavy atom. The van der Waals surface area contributed by atoms with Gasteiger partial charge in [0.2, 0.25) is 23.1 Å². The van der Waals surface area contributed by atoms with Gasteiger partial charge in [-0.25, -0.2) is 60.4 Å². The van der Waals surface area contributed by atoms with E-state index in [0.29, 0.717) is 131 Å². The summed E-state index contributed by atoms with van der Waals surface area (Å²) in [5.74, 6) is -1.91. The number of para-hydroxylation sites is 1. The third kappa shape index (κ3) is 30.6. The molecule has 4 fully saturated rings. The van der Waals surface area contributed by atoms with Crippen LogP contribution in [0, 0.1) is 41.4 Å². The van der Waals surface area contributed by atoms with Gasteiger partial charge in [0.15, 0.2) is 5.76 Å². The predicted octanol–water partition coefficient (Wildman–Crippen LogP) is 7.67. The van der Waals surface area contributed by atoms with E-state index in [4.69, 9.17) is 29.2 Å². The third-order valence-electron chi connectivity index (χ3n) is 24.5. The highest BCUT2D eigenvalue weighted by Crippen LogP contribution is 2.40. The number of aliphatic hydroxyl groups excluding tert-OH is 4. The number of nitrogens with two attached hydrogens (primary N) is 4. The van der Waals surface area contributed by atoms with Gasteiger partial charge in [0, 0.05) is 110 Å². The summed E-state index contributed by atoms with van der Waals surface area (Å²) in [5, 5.41) is 81.2. The molecule has 137 heavy (non-hydrogen) atoms. The van der Waals surface area contributed by atoms with Gasteiger partial charge in [0.05, 0.1) is 117 Å². The molecule has 14 N–H and O–H groups in total. The number of nitrogens with zero attached hydrogens (tertiary/aromatic N) is 11. The van der Waals surface area contributed by atoms with Crippen molar-refractivity contribution in [2.75, 3.05) is 58.9 Å². The molecule has 0 saturated heterocycles. The second-order valence-corrected chi connectivity index (χ2v) is 43.5. The van der Waals surface area contributed by atoms with Gasteiger partial charge in [-0.2, -0.15) is 33.7 Å². The van der Waals surface area contributed by atoms with Crippen molar-refractivity contribution in [3.05, 3.63) is 263 Å². The minimum Gasteiger partial charge on any atom is -0.460 e. The third-order valence-corrected chi connectivity index (χ3v) is 29.3. The van der Waals surface area contributed by atoms with Crippen LogP contribution in [0.1, 0.15) is 184 Å². The Kier molecular flexibility index (Phi) is 35.8. The molecule has 0 bridgehead atoms. The molecule has 0 amide bonds. The lowest BCUT2D eigenvalue weighted by atomic mass is 9.96. The van der Waals surface area contributed by atoms with E-state index in [1.54, 1.807) is 32.4 Å². The van der Waals surface area contributed by atoms with Gasteiger partial charge in [-0.15, -0.1) is 34.0 Å². The fourth-order valence-electron chi connectivity index (χ4n) is 17.8. The number of hydrogen-bond donors (Lipinski definition) is 10. The van der Waals surface area contributed by atoms with Crippen LogP contribution in [0.15, 0.2) is 174 Å². The maximum absolute atomic E-state index is 13.6. The number of aliphatic hydroxyl groups is 5. The standard InChI is InChI=1S/C28H33N5O5S2.C25H29N3O5S2.C21H26N4O5S2.C18H24N4O7S/c1-32(2)13-21-14-33(25-6-4-3-5-22(21)25)12-19-10-27(39-16-19)28(35)23-11-30-17-31-24(23)8-18-7-20(26(34)9-18)15-38-40(29,36)37;26-35(31,32)33-14-20-9-19(11-23(20)29)10-22-21(13-27-16-28-22)25(30)24-12-18(15-34-24)8-4-7-17-5-2-1-3-6-17;22-32(28,29)30-11-16-5-14(7-19(16)26)6-18-17(9-23-13-24-18)21(27)20-8-15(12-31-20)10-25-3-1-2-4-25;1-18(2,25)11-4-15(28-8-11)16(24)13-6-20-9-21-17(13)22-12-3-10(14(23)5-12)7-29-30(19,26)27/h3-6,10-11,14,16-18,20,26,34H,7-9,12-13,15H2,1-2H3,(H2,29,36,37);1-3,5-6,12-13,15-16,19-20,23,29H,4,7-11,14H2,(H2,26,31,32);1-2,8-9,12-14,16,19,26H,3-7,10-11H2,(H2,22,28,29);4,6,8-10,12,14,23,25H,3,5,7H2,1-2H3,(H2,19,26,27)(H,20,21,22)/t18-,20+,26-;19-,20+,23-;14-,16+,19-;10-,12-,14+/m0001/s1. The van der Waals surface area contributed by atoms with Gasteiger partial charge < -0.3 is 44.7 Å². The number of furan rings is 1. The first-order valence-electron chi connectivity index (χ1n) is 44.3. The Balaban J connectivity index is 0.000000155. The van der Waals surface area contributed by atoms with Gasteiger partial charge in [-0.3, -0.25) is 40.8 Å². The quantitative estimate of drug-likeness (QED) is 0.0130. The lowest BCUT2D eigenvalue weighted by Crippen LogP contribution is -2.24. The molecule has 12 atom stereocenters. The van der Waals surface area contributed by atoms with Crippen molar-refractivity contribution in [2.45, 2.75) is 159 Å². The van der Waals surface area contributed by atoms with Crippen LogP contribution < -0.4 is 25.9 Å². The molecule has 10 heterocycles. The number of nitrogens with one attached hydrogen (secondary N) is 1. The number of aryl methyl sites for hydroxylation is 2. The molecule has 0 spiro atoms. The second kappa shape index (κ2) is 46.9. The summed E-state index contributed by atoms with van der Waals surface area (Å²) in [5.41, 5.74) is 9.71. The van der Waals surface area contributed by atoms with E-state index >= 15 is 0 Å². The average molecular weight is 2020 g/mol. The summed E-state index contributed by atoms with van der Waals surface area (Å²) in [6.07, 6.45) is 24.5. The molecule has 5 aliphatic rings. The fraction of sp³-hybridized carbons (Fsp3) is 0.435. The van der Waals surface area contributed by atoms with Gasteiger partial charge in [0.1, 0.15) is 31.1 Å². The molecule has 16 rings (SSSR count). The highest BCUT2D eigenvalue weighted by Gasteiger charge is 2.40. The smallest absolute Gasteiger partial charge is 0.333 e. The minimum atomic E-state index is -4.09. The lowest BCUT2D eigenvalue weighted by Gasteiger charge is -2.15. The Morgan fingerprint density at radius 3 is 1.36 bits per heavy atom. The number of fused-ring (bicyclic) bond motifs is 1. The van der Waals surface area contributed by atoms with E-state index in [9.17, 15) is 78.4 Å². The van der Waals surface area contributed by atoms with Gasteiger partial charge >= 0.3 is 41.2 Å². The first-order valence-corrected chi connectivity index (χ1v) is 52.8. The minimum absolute atomic E-state index is 0.0165. The maximum atomic E-state index is 13.6. The Bertz CT molecular complexity index is 6500. The van der Waals surface area contributed by atoms with E-state index in [1.807, 2.05) is 58.6 Å². The van der Waals surface area contributed by atoms with Crippen LogP contribution in [0.25, 0.3) is 10.9 Å². The van der Waals surface area contributed by atoms with Crippen molar-refractivity contribution in [2.24, 2.45) is 62.0 Å². The van der Waals surface area contributed by atoms with Crippen molar-refractivity contribution >= 4 is 115 Å². The Morgan fingerprint density at radius 2 is 0.912 bits per heavy atom. The monoisotopic (exact) mass is 2020 g/mol. The lowest BCUT2D eigenvalue weighted by molar-refractivity contribution is 0.0778. The number of benzene rings is 2. The summed E-state index contributed by atoms with van der Waals surface area (Å²) in [4.78, 5) is 92.6. The number of carbonyl (C=O) groups excluding carboxylic acids is 4. The number of anilines is 1. The zero-order valence-corrected chi connectivity index (χ0v) is 81.3. The molecule has 11 aromatic rings. The molecule has 0 unspecified atom stereocenters. The average Bonchev–Trinajstić information content (AvgIpc) is 1.66. The van der Waals surface area contributed by atoms with E-state index in [-0.39, 0.29) is 102 Å². The number of rotatable bonds is 39. The van der Waals surface area contributed by atoms with Crippen LogP contribution in [0.5, 0.6) is 0 Å². The molecular weight excluding hydrogens is 1910 g/mol. The van der Waals surface area contributed by atoms with Crippen LogP contribution in [-0.2, 0) is 115 Å². The molecule has 2 aromatic carbocycles. The van der Waals surface area contributed by atoms with Crippen molar-refractivity contribution in [3.63, 3.8) is 0 Å². The number of carbonyl (C=O) groups is 4. The molecule has 9 aromatic heterocycles. The largest absolute Gasteiger partial charge is 0.460 e. The number of thiophene rings is 3.